The number of thiocarbonyl (C=S) groups is 1. The fourth-order valence-electron chi connectivity index (χ4n) is 3.31. The van der Waals surface area contributed by atoms with Crippen molar-refractivity contribution in [1.82, 2.24) is 14.7 Å². The van der Waals surface area contributed by atoms with Crippen LogP contribution in [0.2, 0.25) is 0 Å². The number of ether oxygens (including phenoxy) is 1. The number of benzene rings is 2. The molecule has 0 saturated carbocycles. The zero-order valence-electron chi connectivity index (χ0n) is 17.7. The number of hydrogen-bond donors (Lipinski definition) is 0. The van der Waals surface area contributed by atoms with Crippen LogP contribution in [0.15, 0.2) is 78.4 Å². The molecule has 1 aliphatic rings. The lowest BCUT2D eigenvalue weighted by atomic mass is 10.1. The van der Waals surface area contributed by atoms with Gasteiger partial charge < -0.3 is 4.74 Å². The van der Waals surface area contributed by atoms with Crippen molar-refractivity contribution < 1.29 is 9.53 Å². The van der Waals surface area contributed by atoms with Crippen LogP contribution in [0.5, 0.6) is 5.75 Å². The summed E-state index contributed by atoms with van der Waals surface area (Å²) in [5, 5.41) is 4.85. The van der Waals surface area contributed by atoms with E-state index < -0.39 is 0 Å². The predicted molar refractivity (Wildman–Crippen MR) is 135 cm³/mol. The Balaban J connectivity index is 1.78. The topological polar surface area (TPSA) is 47.4 Å². The van der Waals surface area contributed by atoms with Gasteiger partial charge in [-0.25, -0.2) is 4.68 Å². The summed E-state index contributed by atoms with van der Waals surface area (Å²) < 4.78 is 8.17. The van der Waals surface area contributed by atoms with Crippen LogP contribution in [0.3, 0.4) is 0 Å². The molecule has 0 aliphatic carbocycles. The first kappa shape index (κ1) is 22.0. The van der Waals surface area contributed by atoms with Crippen LogP contribution in [0, 0.1) is 0 Å². The second-order valence-corrected chi connectivity index (χ2v) is 8.85. The maximum atomic E-state index is 12.9. The highest BCUT2D eigenvalue weighted by Gasteiger charge is 2.31. The molecule has 0 N–H and O–H groups in total. The van der Waals surface area contributed by atoms with E-state index >= 15 is 0 Å². The van der Waals surface area contributed by atoms with Crippen LogP contribution >= 0.6 is 24.0 Å². The number of nitrogens with zero attached hydrogens (tertiary/aromatic N) is 3. The van der Waals surface area contributed by atoms with E-state index in [0.717, 1.165) is 34.7 Å². The first-order valence-corrected chi connectivity index (χ1v) is 11.6. The summed E-state index contributed by atoms with van der Waals surface area (Å²) in [6.45, 7) is 6.84. The standard InChI is InChI=1S/C25H23N3O2S2/c1-3-13-27-24(29)22(32-25(27)31)16-19-17-28(20-10-6-5-7-11-20)26-23(19)18-9-8-12-21(15-18)30-14-4-2/h3,5-12,15-17H,1,4,13-14H2,2H3. The quantitative estimate of drug-likeness (QED) is 0.244. The third kappa shape index (κ3) is 4.69. The van der Waals surface area contributed by atoms with Crippen molar-refractivity contribution >= 4 is 40.3 Å². The van der Waals surface area contributed by atoms with E-state index in [0.29, 0.717) is 22.4 Å². The Morgan fingerprint density at radius 2 is 2.00 bits per heavy atom. The van der Waals surface area contributed by atoms with Crippen molar-refractivity contribution in [3.8, 4) is 22.7 Å². The zero-order valence-corrected chi connectivity index (χ0v) is 19.4. The lowest BCUT2D eigenvalue weighted by Crippen LogP contribution is -2.27. The normalized spacial score (nSPS) is 14.9. The molecular weight excluding hydrogens is 438 g/mol. The molecule has 3 aromatic rings. The van der Waals surface area contributed by atoms with E-state index in [9.17, 15) is 4.79 Å². The van der Waals surface area contributed by atoms with Crippen LogP contribution in [0.4, 0.5) is 0 Å². The van der Waals surface area contributed by atoms with Crippen LogP contribution < -0.4 is 4.74 Å². The summed E-state index contributed by atoms with van der Waals surface area (Å²) in [6.07, 6.45) is 6.41. The number of para-hydroxylation sites is 1. The Hall–Kier alpha value is -3.16. The fraction of sp³-hybridized carbons (Fsp3) is 0.160. The Labute approximate surface area is 197 Å². The largest absolute Gasteiger partial charge is 0.494 e. The van der Waals surface area contributed by atoms with Crippen molar-refractivity contribution in [3.63, 3.8) is 0 Å². The third-order valence-corrected chi connectivity index (χ3v) is 6.19. The average Bonchev–Trinajstić information content (AvgIpc) is 3.35. The molecule has 1 aliphatic heterocycles. The molecule has 1 amide bonds. The number of amides is 1. The van der Waals surface area contributed by atoms with Gasteiger partial charge >= 0.3 is 0 Å². The molecule has 32 heavy (non-hydrogen) atoms. The zero-order chi connectivity index (χ0) is 22.5. The third-order valence-electron chi connectivity index (χ3n) is 4.82. The molecule has 162 valence electrons. The number of carbonyl (C=O) groups excluding carboxylic acids is 1. The summed E-state index contributed by atoms with van der Waals surface area (Å²) in [7, 11) is 0. The summed E-state index contributed by atoms with van der Waals surface area (Å²) in [5.41, 5.74) is 3.46. The van der Waals surface area contributed by atoms with Crippen LogP contribution in [0.25, 0.3) is 23.0 Å². The average molecular weight is 462 g/mol. The highest BCUT2D eigenvalue weighted by Crippen LogP contribution is 2.35. The van der Waals surface area contributed by atoms with Gasteiger partial charge in [-0.1, -0.05) is 67.3 Å². The minimum absolute atomic E-state index is 0.113. The predicted octanol–water partition coefficient (Wildman–Crippen LogP) is 5.72. The summed E-state index contributed by atoms with van der Waals surface area (Å²) in [5.74, 6) is 0.681. The van der Waals surface area contributed by atoms with Gasteiger partial charge in [0.25, 0.3) is 5.91 Å². The fourth-order valence-corrected chi connectivity index (χ4v) is 4.58. The maximum absolute atomic E-state index is 12.9. The van der Waals surface area contributed by atoms with E-state index in [-0.39, 0.29) is 5.91 Å². The molecule has 7 heteroatoms. The molecule has 0 radical (unpaired) electrons. The molecule has 5 nitrogen and oxygen atoms in total. The van der Waals surface area contributed by atoms with E-state index in [1.54, 1.807) is 11.0 Å². The van der Waals surface area contributed by atoms with Gasteiger partial charge in [-0.05, 0) is 36.8 Å². The highest BCUT2D eigenvalue weighted by molar-refractivity contribution is 8.26. The van der Waals surface area contributed by atoms with Crippen LogP contribution in [-0.2, 0) is 4.79 Å². The molecule has 4 rings (SSSR count). The Morgan fingerprint density at radius 3 is 2.75 bits per heavy atom. The van der Waals surface area contributed by atoms with E-state index in [4.69, 9.17) is 22.1 Å². The van der Waals surface area contributed by atoms with Crippen molar-refractivity contribution in [2.75, 3.05) is 13.2 Å². The monoisotopic (exact) mass is 461 g/mol. The van der Waals surface area contributed by atoms with Crippen LogP contribution in [0.1, 0.15) is 18.9 Å². The smallest absolute Gasteiger partial charge is 0.266 e. The molecule has 1 fully saturated rings. The molecule has 1 aromatic heterocycles. The van der Waals surface area contributed by atoms with Gasteiger partial charge in [-0.2, -0.15) is 5.10 Å². The molecule has 2 heterocycles. The lowest BCUT2D eigenvalue weighted by Gasteiger charge is -2.10. The SMILES string of the molecule is C=CCN1C(=O)C(=Cc2cn(-c3ccccc3)nc2-c2cccc(OCCC)c2)SC1=S. The first-order valence-electron chi connectivity index (χ1n) is 10.3. The van der Waals surface area contributed by atoms with Crippen LogP contribution in [-0.4, -0.2) is 38.1 Å². The second kappa shape index (κ2) is 9.97. The van der Waals surface area contributed by atoms with Gasteiger partial charge in [-0.15, -0.1) is 6.58 Å². The molecule has 1 saturated heterocycles. The van der Waals surface area contributed by atoms with Crippen molar-refractivity contribution in [2.45, 2.75) is 13.3 Å². The molecule has 0 atom stereocenters. The Bertz CT molecular complexity index is 1180. The Morgan fingerprint density at radius 1 is 1.19 bits per heavy atom. The number of hydrogen-bond acceptors (Lipinski definition) is 5. The molecule has 0 unspecified atom stereocenters. The number of aromatic nitrogens is 2. The van der Waals surface area contributed by atoms with E-state index in [2.05, 4.69) is 13.5 Å². The summed E-state index contributed by atoms with van der Waals surface area (Å²) in [6, 6.07) is 17.8. The molecule has 0 bridgehead atoms. The Kier molecular flexibility index (Phi) is 6.87. The van der Waals surface area contributed by atoms with Gasteiger partial charge in [0, 0.05) is 23.9 Å². The maximum Gasteiger partial charge on any atom is 0.266 e. The number of carbonyl (C=O) groups is 1. The lowest BCUT2D eigenvalue weighted by molar-refractivity contribution is -0.121. The van der Waals surface area contributed by atoms with Gasteiger partial charge in [0.2, 0.25) is 0 Å². The van der Waals surface area contributed by atoms with E-state index in [1.807, 2.05) is 71.6 Å². The molecular formula is C25H23N3O2S2. The van der Waals surface area contributed by atoms with Crippen molar-refractivity contribution in [3.05, 3.63) is 83.9 Å². The van der Waals surface area contributed by atoms with Crippen molar-refractivity contribution in [1.29, 1.82) is 0 Å². The second-order valence-electron chi connectivity index (χ2n) is 7.17. The van der Waals surface area contributed by atoms with Gasteiger partial charge in [0.15, 0.2) is 0 Å². The summed E-state index contributed by atoms with van der Waals surface area (Å²) in [4.78, 5) is 15.0. The van der Waals surface area contributed by atoms with Crippen molar-refractivity contribution in [2.24, 2.45) is 0 Å². The van der Waals surface area contributed by atoms with Gasteiger partial charge in [0.05, 0.1) is 17.2 Å². The number of thioether (sulfide) groups is 1. The van der Waals surface area contributed by atoms with Gasteiger partial charge in [0.1, 0.15) is 15.8 Å². The number of rotatable bonds is 8. The molecule has 2 aromatic carbocycles. The minimum Gasteiger partial charge on any atom is -0.494 e. The first-order chi connectivity index (χ1) is 15.6. The minimum atomic E-state index is -0.113. The highest BCUT2D eigenvalue weighted by atomic mass is 32.2. The van der Waals surface area contributed by atoms with Gasteiger partial charge in [-0.3, -0.25) is 9.69 Å². The van der Waals surface area contributed by atoms with E-state index in [1.165, 1.54) is 11.8 Å². The summed E-state index contributed by atoms with van der Waals surface area (Å²) >= 11 is 6.68. The molecule has 0 spiro atoms.